The SMILES string of the molecule is Cc1cc(C)cc(N(CC(=O)N/N=C\c2ccc(OCC(=O)NC[C@H]3CCCO3)cc2)S(C)(=O)=O)c1. The molecule has 1 saturated heterocycles. The summed E-state index contributed by atoms with van der Waals surface area (Å²) in [5.41, 5.74) is 5.24. The summed E-state index contributed by atoms with van der Waals surface area (Å²) in [6, 6.07) is 12.1. The third-order valence-electron chi connectivity index (χ3n) is 5.39. The minimum atomic E-state index is -3.68. The summed E-state index contributed by atoms with van der Waals surface area (Å²) < 4.78 is 36.5. The summed E-state index contributed by atoms with van der Waals surface area (Å²) in [6.45, 7) is 4.44. The standard InChI is InChI=1S/C25H32N4O6S/c1-18-11-19(2)13-21(12-18)29(36(3,32)33)16-24(30)28-27-14-20-6-8-22(9-7-20)35-17-25(31)26-15-23-5-4-10-34-23/h6-9,11-14,23H,4-5,10,15-17H2,1-3H3,(H,26,31)(H,28,30)/b27-14-/t23-/m1/s1. The summed E-state index contributed by atoms with van der Waals surface area (Å²) in [5, 5.41) is 6.70. The Kier molecular flexibility index (Phi) is 9.43. The van der Waals surface area contributed by atoms with E-state index in [2.05, 4.69) is 15.8 Å². The van der Waals surface area contributed by atoms with Crippen LogP contribution in [0.25, 0.3) is 0 Å². The molecule has 1 aliphatic heterocycles. The van der Waals surface area contributed by atoms with Crippen LogP contribution in [0, 0.1) is 13.8 Å². The molecular formula is C25H32N4O6S. The van der Waals surface area contributed by atoms with Crippen LogP contribution < -0.4 is 19.8 Å². The van der Waals surface area contributed by atoms with Gasteiger partial charge in [0.25, 0.3) is 11.8 Å². The predicted octanol–water partition coefficient (Wildman–Crippen LogP) is 1.89. The summed E-state index contributed by atoms with van der Waals surface area (Å²) in [7, 11) is -3.68. The average molecular weight is 517 g/mol. The molecule has 0 unspecified atom stereocenters. The second-order valence-electron chi connectivity index (χ2n) is 8.71. The van der Waals surface area contributed by atoms with E-state index in [0.717, 1.165) is 41.1 Å². The third-order valence-corrected chi connectivity index (χ3v) is 6.53. The first-order chi connectivity index (χ1) is 17.1. The van der Waals surface area contributed by atoms with Crippen molar-refractivity contribution in [2.45, 2.75) is 32.8 Å². The fourth-order valence-corrected chi connectivity index (χ4v) is 4.56. The van der Waals surface area contributed by atoms with E-state index in [-0.39, 0.29) is 18.6 Å². The van der Waals surface area contributed by atoms with Crippen molar-refractivity contribution < 1.29 is 27.5 Å². The number of sulfonamides is 1. The molecule has 2 aromatic rings. The smallest absolute Gasteiger partial charge is 0.260 e. The van der Waals surface area contributed by atoms with Crippen LogP contribution in [0.5, 0.6) is 5.75 Å². The van der Waals surface area contributed by atoms with Gasteiger partial charge in [-0.1, -0.05) is 6.07 Å². The minimum Gasteiger partial charge on any atom is -0.484 e. The lowest BCUT2D eigenvalue weighted by Crippen LogP contribution is -2.39. The number of hydrogen-bond donors (Lipinski definition) is 2. The van der Waals surface area contributed by atoms with Gasteiger partial charge in [-0.3, -0.25) is 13.9 Å². The molecule has 1 aliphatic rings. The van der Waals surface area contributed by atoms with Crippen molar-refractivity contribution in [3.8, 4) is 5.75 Å². The average Bonchev–Trinajstić information content (AvgIpc) is 3.33. The van der Waals surface area contributed by atoms with Crippen molar-refractivity contribution in [1.29, 1.82) is 0 Å². The Morgan fingerprint density at radius 3 is 2.44 bits per heavy atom. The fraction of sp³-hybridized carbons (Fsp3) is 0.400. The number of amides is 2. The van der Waals surface area contributed by atoms with E-state index in [9.17, 15) is 18.0 Å². The van der Waals surface area contributed by atoms with E-state index < -0.39 is 22.5 Å². The van der Waals surface area contributed by atoms with Gasteiger partial charge in [-0.15, -0.1) is 0 Å². The van der Waals surface area contributed by atoms with Crippen LogP contribution in [0.1, 0.15) is 29.5 Å². The Hall–Kier alpha value is -3.44. The molecule has 0 saturated carbocycles. The second kappa shape index (κ2) is 12.5. The number of carbonyl (C=O) groups excluding carboxylic acids is 2. The molecule has 36 heavy (non-hydrogen) atoms. The van der Waals surface area contributed by atoms with Crippen LogP contribution in [-0.4, -0.2) is 65.1 Å². The van der Waals surface area contributed by atoms with Crippen molar-refractivity contribution in [3.63, 3.8) is 0 Å². The lowest BCUT2D eigenvalue weighted by atomic mass is 10.1. The quantitative estimate of drug-likeness (QED) is 0.347. The third kappa shape index (κ3) is 8.65. The predicted molar refractivity (Wildman–Crippen MR) is 138 cm³/mol. The van der Waals surface area contributed by atoms with Crippen molar-refractivity contribution in [2.24, 2.45) is 5.10 Å². The molecule has 1 atom stereocenters. The summed E-state index contributed by atoms with van der Waals surface area (Å²) in [5.74, 6) is -0.284. The highest BCUT2D eigenvalue weighted by molar-refractivity contribution is 7.92. The van der Waals surface area contributed by atoms with Gasteiger partial charge in [0.2, 0.25) is 10.0 Å². The number of nitrogens with zero attached hydrogens (tertiary/aromatic N) is 2. The van der Waals surface area contributed by atoms with Crippen molar-refractivity contribution >= 4 is 33.7 Å². The number of rotatable bonds is 11. The number of nitrogens with one attached hydrogen (secondary N) is 2. The molecule has 0 aliphatic carbocycles. The molecule has 0 aromatic heterocycles. The molecular weight excluding hydrogens is 484 g/mol. The van der Waals surface area contributed by atoms with E-state index >= 15 is 0 Å². The van der Waals surface area contributed by atoms with Gasteiger partial charge in [0.15, 0.2) is 6.61 Å². The largest absolute Gasteiger partial charge is 0.484 e. The zero-order valence-corrected chi connectivity index (χ0v) is 21.5. The highest BCUT2D eigenvalue weighted by atomic mass is 32.2. The summed E-state index contributed by atoms with van der Waals surface area (Å²) in [4.78, 5) is 24.3. The van der Waals surface area contributed by atoms with E-state index in [0.29, 0.717) is 23.5 Å². The maximum Gasteiger partial charge on any atom is 0.260 e. The number of hydrazone groups is 1. The monoisotopic (exact) mass is 516 g/mol. The zero-order valence-electron chi connectivity index (χ0n) is 20.7. The van der Waals surface area contributed by atoms with Gasteiger partial charge in [-0.2, -0.15) is 5.10 Å². The first-order valence-corrected chi connectivity index (χ1v) is 13.4. The topological polar surface area (TPSA) is 126 Å². The molecule has 1 fully saturated rings. The van der Waals surface area contributed by atoms with Gasteiger partial charge in [-0.25, -0.2) is 13.8 Å². The molecule has 0 spiro atoms. The number of anilines is 1. The van der Waals surface area contributed by atoms with Crippen LogP contribution in [-0.2, 0) is 24.3 Å². The molecule has 2 amide bonds. The number of ether oxygens (including phenoxy) is 2. The molecule has 194 valence electrons. The molecule has 11 heteroatoms. The number of aryl methyl sites for hydroxylation is 2. The van der Waals surface area contributed by atoms with Crippen LogP contribution in [0.2, 0.25) is 0 Å². The van der Waals surface area contributed by atoms with Crippen molar-refractivity contribution in [2.75, 3.05) is 36.9 Å². The van der Waals surface area contributed by atoms with Gasteiger partial charge >= 0.3 is 0 Å². The van der Waals surface area contributed by atoms with Gasteiger partial charge in [0.1, 0.15) is 12.3 Å². The maximum atomic E-state index is 12.4. The Morgan fingerprint density at radius 2 is 1.83 bits per heavy atom. The molecule has 2 N–H and O–H groups in total. The lowest BCUT2D eigenvalue weighted by Gasteiger charge is -2.22. The number of benzene rings is 2. The maximum absolute atomic E-state index is 12.4. The zero-order chi connectivity index (χ0) is 26.1. The molecule has 0 radical (unpaired) electrons. The molecule has 0 bridgehead atoms. The van der Waals surface area contributed by atoms with E-state index in [4.69, 9.17) is 9.47 Å². The summed E-state index contributed by atoms with van der Waals surface area (Å²) in [6.07, 6.45) is 4.53. The Bertz CT molecular complexity index is 1170. The van der Waals surface area contributed by atoms with Gasteiger partial charge in [0, 0.05) is 13.2 Å². The molecule has 10 nitrogen and oxygen atoms in total. The van der Waals surface area contributed by atoms with Crippen LogP contribution >= 0.6 is 0 Å². The minimum absolute atomic E-state index is 0.0780. The Morgan fingerprint density at radius 1 is 1.14 bits per heavy atom. The fourth-order valence-electron chi connectivity index (χ4n) is 3.72. The van der Waals surface area contributed by atoms with Crippen LogP contribution in [0.3, 0.4) is 0 Å². The molecule has 2 aromatic carbocycles. The highest BCUT2D eigenvalue weighted by Crippen LogP contribution is 2.21. The van der Waals surface area contributed by atoms with Crippen molar-refractivity contribution in [3.05, 3.63) is 59.2 Å². The molecule has 1 heterocycles. The van der Waals surface area contributed by atoms with E-state index in [1.807, 2.05) is 19.9 Å². The first kappa shape index (κ1) is 27.2. The van der Waals surface area contributed by atoms with E-state index in [1.165, 1.54) is 6.21 Å². The Labute approximate surface area is 211 Å². The van der Waals surface area contributed by atoms with E-state index in [1.54, 1.807) is 36.4 Å². The normalized spacial score (nSPS) is 15.6. The van der Waals surface area contributed by atoms with Gasteiger partial charge in [-0.05, 0) is 79.8 Å². The Balaban J connectivity index is 1.47. The summed E-state index contributed by atoms with van der Waals surface area (Å²) >= 11 is 0. The second-order valence-corrected chi connectivity index (χ2v) is 10.6. The first-order valence-electron chi connectivity index (χ1n) is 11.6. The van der Waals surface area contributed by atoms with Gasteiger partial charge in [0.05, 0.1) is 24.3 Å². The highest BCUT2D eigenvalue weighted by Gasteiger charge is 2.21. The van der Waals surface area contributed by atoms with Gasteiger partial charge < -0.3 is 14.8 Å². The molecule has 3 rings (SSSR count). The number of hydrogen-bond acceptors (Lipinski definition) is 7. The van der Waals surface area contributed by atoms with Crippen LogP contribution in [0.4, 0.5) is 5.69 Å². The number of carbonyl (C=O) groups is 2. The lowest BCUT2D eigenvalue weighted by molar-refractivity contribution is -0.123. The van der Waals surface area contributed by atoms with Crippen molar-refractivity contribution in [1.82, 2.24) is 10.7 Å². The van der Waals surface area contributed by atoms with Crippen LogP contribution in [0.15, 0.2) is 47.6 Å².